The number of carboxylic acid groups (broad SMARTS) is 1. The second-order valence-corrected chi connectivity index (χ2v) is 11.2. The molecule has 3 N–H and O–H groups in total. The number of aromatic carboxylic acids is 1. The summed E-state index contributed by atoms with van der Waals surface area (Å²) < 4.78 is 67.4. The first-order valence-corrected chi connectivity index (χ1v) is 13.7. The minimum absolute atomic E-state index is 0.0361. The van der Waals surface area contributed by atoms with Crippen LogP contribution in [0.1, 0.15) is 17.3 Å². The van der Waals surface area contributed by atoms with Crippen molar-refractivity contribution in [2.45, 2.75) is 16.7 Å². The summed E-state index contributed by atoms with van der Waals surface area (Å²) in [5, 5.41) is 9.17. The molecular formula is C22H21BrN2O8S2. The van der Waals surface area contributed by atoms with Gasteiger partial charge in [-0.2, -0.15) is 0 Å². The summed E-state index contributed by atoms with van der Waals surface area (Å²) in [6.45, 7) is 2.01. The lowest BCUT2D eigenvalue weighted by atomic mass is 10.2. The van der Waals surface area contributed by atoms with Crippen LogP contribution in [0.15, 0.2) is 74.9 Å². The van der Waals surface area contributed by atoms with Gasteiger partial charge in [-0.3, -0.25) is 9.44 Å². The highest BCUT2D eigenvalue weighted by atomic mass is 79.9. The fourth-order valence-electron chi connectivity index (χ4n) is 3.01. The minimum atomic E-state index is -4.22. The molecule has 0 aromatic heterocycles. The van der Waals surface area contributed by atoms with Gasteiger partial charge < -0.3 is 14.6 Å². The third-order valence-electron chi connectivity index (χ3n) is 4.58. The Kier molecular flexibility index (Phi) is 7.93. The second-order valence-electron chi connectivity index (χ2n) is 6.98. The maximum absolute atomic E-state index is 12.9. The van der Waals surface area contributed by atoms with Crippen molar-refractivity contribution in [3.63, 3.8) is 0 Å². The summed E-state index contributed by atoms with van der Waals surface area (Å²) in [5.74, 6) is -1.14. The maximum atomic E-state index is 12.9. The van der Waals surface area contributed by atoms with Crippen LogP contribution in [0.2, 0.25) is 0 Å². The van der Waals surface area contributed by atoms with Gasteiger partial charge in [0.05, 0.1) is 19.3 Å². The number of nitrogens with one attached hydrogen (secondary N) is 2. The van der Waals surface area contributed by atoms with Gasteiger partial charge in [-0.1, -0.05) is 15.9 Å². The molecule has 0 bridgehead atoms. The molecule has 0 aliphatic heterocycles. The molecule has 0 heterocycles. The molecule has 0 saturated heterocycles. The van der Waals surface area contributed by atoms with Crippen LogP contribution in [0.3, 0.4) is 0 Å². The fourth-order valence-corrected chi connectivity index (χ4v) is 6.01. The zero-order valence-electron chi connectivity index (χ0n) is 18.5. The smallest absolute Gasteiger partial charge is 0.335 e. The third-order valence-corrected chi connectivity index (χ3v) is 7.88. The van der Waals surface area contributed by atoms with E-state index in [-0.39, 0.29) is 44.8 Å². The first-order valence-electron chi connectivity index (χ1n) is 9.96. The van der Waals surface area contributed by atoms with Crippen LogP contribution in [0.25, 0.3) is 0 Å². The number of hydrogen-bond acceptors (Lipinski definition) is 7. The van der Waals surface area contributed by atoms with Gasteiger partial charge in [0.2, 0.25) is 0 Å². The first-order chi connectivity index (χ1) is 16.5. The molecule has 0 aliphatic rings. The van der Waals surface area contributed by atoms with E-state index in [0.717, 1.165) is 6.07 Å². The number of carboxylic acids is 1. The van der Waals surface area contributed by atoms with E-state index >= 15 is 0 Å². The molecular weight excluding hydrogens is 564 g/mol. The predicted molar refractivity (Wildman–Crippen MR) is 133 cm³/mol. The van der Waals surface area contributed by atoms with E-state index < -0.39 is 26.0 Å². The average molecular weight is 585 g/mol. The van der Waals surface area contributed by atoms with Crippen LogP contribution in [0.5, 0.6) is 11.5 Å². The van der Waals surface area contributed by atoms with Crippen LogP contribution in [-0.2, 0) is 20.0 Å². The summed E-state index contributed by atoms with van der Waals surface area (Å²) >= 11 is 3.25. The molecule has 186 valence electrons. The van der Waals surface area contributed by atoms with Gasteiger partial charge in [0.15, 0.2) is 0 Å². The quantitative estimate of drug-likeness (QED) is 0.321. The summed E-state index contributed by atoms with van der Waals surface area (Å²) in [4.78, 5) is 10.8. The molecule has 0 radical (unpaired) electrons. The summed E-state index contributed by atoms with van der Waals surface area (Å²) in [7, 11) is -6.97. The van der Waals surface area contributed by atoms with Gasteiger partial charge in [0.1, 0.15) is 21.3 Å². The number of benzene rings is 3. The SMILES string of the molecule is CCOc1ccc(Br)cc1S(=O)(=O)Nc1ccc(NS(=O)(=O)c2cc(C(=O)O)ccc2OC)cc1. The van der Waals surface area contributed by atoms with Gasteiger partial charge in [0.25, 0.3) is 20.0 Å². The largest absolute Gasteiger partial charge is 0.495 e. The minimum Gasteiger partial charge on any atom is -0.495 e. The van der Waals surface area contributed by atoms with Crippen molar-refractivity contribution < 1.29 is 36.2 Å². The fraction of sp³-hybridized carbons (Fsp3) is 0.136. The van der Waals surface area contributed by atoms with Crippen LogP contribution < -0.4 is 18.9 Å². The lowest BCUT2D eigenvalue weighted by Gasteiger charge is -2.14. The molecule has 0 unspecified atom stereocenters. The predicted octanol–water partition coefficient (Wildman–Crippen LogP) is 4.16. The summed E-state index contributed by atoms with van der Waals surface area (Å²) in [6.07, 6.45) is 0. The van der Waals surface area contributed by atoms with Crippen molar-refractivity contribution in [3.8, 4) is 11.5 Å². The summed E-state index contributed by atoms with van der Waals surface area (Å²) in [6, 6.07) is 13.5. The molecule has 0 saturated carbocycles. The highest BCUT2D eigenvalue weighted by Gasteiger charge is 2.23. The Labute approximate surface area is 211 Å². The topological polar surface area (TPSA) is 148 Å². The normalized spacial score (nSPS) is 11.5. The van der Waals surface area contributed by atoms with Crippen LogP contribution >= 0.6 is 15.9 Å². The van der Waals surface area contributed by atoms with E-state index in [4.69, 9.17) is 9.47 Å². The number of anilines is 2. The van der Waals surface area contributed by atoms with E-state index in [1.807, 2.05) is 0 Å². The van der Waals surface area contributed by atoms with E-state index in [1.54, 1.807) is 13.0 Å². The summed E-state index contributed by atoms with van der Waals surface area (Å²) in [5.41, 5.74) is 0.0731. The Morgan fingerprint density at radius 2 is 1.37 bits per heavy atom. The van der Waals surface area contributed by atoms with Crippen molar-refractivity contribution in [2.24, 2.45) is 0 Å². The highest BCUT2D eigenvalue weighted by molar-refractivity contribution is 9.10. The average Bonchev–Trinajstić information content (AvgIpc) is 2.80. The molecule has 0 spiro atoms. The zero-order chi connectivity index (χ0) is 25.8. The highest BCUT2D eigenvalue weighted by Crippen LogP contribution is 2.30. The zero-order valence-corrected chi connectivity index (χ0v) is 21.7. The molecule has 3 aromatic carbocycles. The number of carbonyl (C=O) groups is 1. The molecule has 3 rings (SSSR count). The lowest BCUT2D eigenvalue weighted by Crippen LogP contribution is -2.16. The van der Waals surface area contributed by atoms with Crippen LogP contribution in [0.4, 0.5) is 11.4 Å². The molecule has 0 fully saturated rings. The maximum Gasteiger partial charge on any atom is 0.335 e. The van der Waals surface area contributed by atoms with Crippen LogP contribution in [-0.4, -0.2) is 41.6 Å². The standard InChI is InChI=1S/C22H21BrN2O8S2/c1-3-33-19-11-5-15(23)13-21(19)35(30,31)25-17-8-6-16(7-9-17)24-34(28,29)20-12-14(22(26)27)4-10-18(20)32-2/h4-13,24-25H,3H2,1-2H3,(H,26,27). The molecule has 10 nitrogen and oxygen atoms in total. The van der Waals surface area contributed by atoms with E-state index in [1.165, 1.54) is 55.6 Å². The molecule has 13 heteroatoms. The Hall–Kier alpha value is -3.29. The Morgan fingerprint density at radius 1 is 0.857 bits per heavy atom. The first kappa shape index (κ1) is 26.3. The number of rotatable bonds is 10. The Morgan fingerprint density at radius 3 is 1.86 bits per heavy atom. The van der Waals surface area contributed by atoms with E-state index in [2.05, 4.69) is 25.4 Å². The molecule has 3 aromatic rings. The Balaban J connectivity index is 1.85. The number of halogens is 1. The van der Waals surface area contributed by atoms with E-state index in [0.29, 0.717) is 4.47 Å². The molecule has 0 atom stereocenters. The van der Waals surface area contributed by atoms with Crippen molar-refractivity contribution in [2.75, 3.05) is 23.2 Å². The van der Waals surface area contributed by atoms with Gasteiger partial charge in [-0.05, 0) is 67.6 Å². The van der Waals surface area contributed by atoms with Crippen molar-refractivity contribution in [1.29, 1.82) is 0 Å². The van der Waals surface area contributed by atoms with Crippen molar-refractivity contribution in [3.05, 3.63) is 70.7 Å². The molecule has 0 amide bonds. The van der Waals surface area contributed by atoms with Gasteiger partial charge in [0, 0.05) is 15.8 Å². The third kappa shape index (κ3) is 6.24. The monoisotopic (exact) mass is 584 g/mol. The van der Waals surface area contributed by atoms with Gasteiger partial charge >= 0.3 is 5.97 Å². The molecule has 0 aliphatic carbocycles. The number of methoxy groups -OCH3 is 1. The van der Waals surface area contributed by atoms with Crippen molar-refractivity contribution in [1.82, 2.24) is 0 Å². The number of ether oxygens (including phenoxy) is 2. The van der Waals surface area contributed by atoms with Crippen molar-refractivity contribution >= 4 is 53.3 Å². The second kappa shape index (κ2) is 10.5. The Bertz CT molecular complexity index is 1460. The van der Waals surface area contributed by atoms with E-state index in [9.17, 15) is 26.7 Å². The van der Waals surface area contributed by atoms with Gasteiger partial charge in [-0.25, -0.2) is 21.6 Å². The van der Waals surface area contributed by atoms with Crippen LogP contribution in [0, 0.1) is 0 Å². The number of hydrogen-bond donors (Lipinski definition) is 3. The number of sulfonamides is 2. The van der Waals surface area contributed by atoms with Gasteiger partial charge in [-0.15, -0.1) is 0 Å². The lowest BCUT2D eigenvalue weighted by molar-refractivity contribution is 0.0696. The molecule has 35 heavy (non-hydrogen) atoms.